The molecule has 0 amide bonds. The molecule has 5 rings (SSSR count). The molecule has 1 saturated carbocycles. The molecule has 30 heavy (non-hydrogen) atoms. The maximum absolute atomic E-state index is 11.3. The van der Waals surface area contributed by atoms with Crippen molar-refractivity contribution < 1.29 is 24.4 Å². The minimum atomic E-state index is -0.561. The van der Waals surface area contributed by atoms with Crippen molar-refractivity contribution in [3.8, 4) is 23.0 Å². The van der Waals surface area contributed by atoms with Gasteiger partial charge in [-0.25, -0.2) is 0 Å². The van der Waals surface area contributed by atoms with Crippen LogP contribution >= 0.6 is 12.4 Å². The van der Waals surface area contributed by atoms with Crippen molar-refractivity contribution in [2.45, 2.75) is 31.8 Å². The van der Waals surface area contributed by atoms with E-state index < -0.39 is 6.10 Å². The van der Waals surface area contributed by atoms with Crippen molar-refractivity contribution in [3.63, 3.8) is 0 Å². The van der Waals surface area contributed by atoms with Crippen LogP contribution in [-0.4, -0.2) is 36.5 Å². The molecular formula is C23H26ClNO5. The quantitative estimate of drug-likeness (QED) is 0.592. The van der Waals surface area contributed by atoms with Crippen molar-refractivity contribution in [2.75, 3.05) is 21.3 Å². The number of rotatable bonds is 3. The summed E-state index contributed by atoms with van der Waals surface area (Å²) in [5.41, 5.74) is 2.69. The average molecular weight is 432 g/mol. The van der Waals surface area contributed by atoms with Gasteiger partial charge in [0.15, 0.2) is 11.5 Å². The summed E-state index contributed by atoms with van der Waals surface area (Å²) in [7, 11) is 4.78. The van der Waals surface area contributed by atoms with E-state index in [9.17, 15) is 10.2 Å². The topological polar surface area (TPSA) is 81.0 Å². The number of aromatic nitrogens is 1. The van der Waals surface area contributed by atoms with E-state index in [1.165, 1.54) is 6.20 Å². The van der Waals surface area contributed by atoms with Crippen molar-refractivity contribution in [1.82, 2.24) is 4.98 Å². The summed E-state index contributed by atoms with van der Waals surface area (Å²) in [5.74, 6) is 2.43. The van der Waals surface area contributed by atoms with Crippen LogP contribution in [-0.2, 0) is 6.42 Å². The molecule has 2 N–H and O–H groups in total. The van der Waals surface area contributed by atoms with Crippen LogP contribution in [0.25, 0.3) is 21.7 Å². The van der Waals surface area contributed by atoms with Crippen LogP contribution in [0.15, 0.2) is 18.3 Å². The fourth-order valence-corrected chi connectivity index (χ4v) is 5.56. The van der Waals surface area contributed by atoms with Crippen LogP contribution in [0.4, 0.5) is 0 Å². The largest absolute Gasteiger partial charge is 0.506 e. The van der Waals surface area contributed by atoms with Crippen molar-refractivity contribution >= 4 is 34.1 Å². The van der Waals surface area contributed by atoms with Crippen LogP contribution in [0, 0.1) is 11.8 Å². The van der Waals surface area contributed by atoms with Crippen molar-refractivity contribution in [3.05, 3.63) is 29.5 Å². The SMILES string of the molecule is COc1cc2c3c(c4ncc(O)cc4c2c(OC)c1OC)[C@@H](O)[C@H]1CCCC1C3.Cl. The number of aromatic hydroxyl groups is 1. The van der Waals surface area contributed by atoms with Gasteiger partial charge in [-0.3, -0.25) is 4.98 Å². The monoisotopic (exact) mass is 431 g/mol. The maximum atomic E-state index is 11.3. The molecule has 0 saturated heterocycles. The van der Waals surface area contributed by atoms with E-state index in [-0.39, 0.29) is 24.1 Å². The van der Waals surface area contributed by atoms with Gasteiger partial charge in [-0.1, -0.05) is 6.42 Å². The number of aliphatic hydroxyl groups is 1. The van der Waals surface area contributed by atoms with E-state index in [0.717, 1.165) is 53.0 Å². The first-order valence-electron chi connectivity index (χ1n) is 10.0. The van der Waals surface area contributed by atoms with Gasteiger partial charge in [-0.15, -0.1) is 12.4 Å². The fourth-order valence-electron chi connectivity index (χ4n) is 5.56. The van der Waals surface area contributed by atoms with Gasteiger partial charge >= 0.3 is 0 Å². The first kappa shape index (κ1) is 20.8. The summed E-state index contributed by atoms with van der Waals surface area (Å²) in [6.45, 7) is 0. The lowest BCUT2D eigenvalue weighted by Crippen LogP contribution is -2.26. The predicted molar refractivity (Wildman–Crippen MR) is 117 cm³/mol. The van der Waals surface area contributed by atoms with E-state index >= 15 is 0 Å². The van der Waals surface area contributed by atoms with Gasteiger partial charge in [0.1, 0.15) is 5.75 Å². The highest BCUT2D eigenvalue weighted by atomic mass is 35.5. The molecule has 1 fully saturated rings. The molecule has 0 spiro atoms. The smallest absolute Gasteiger partial charge is 0.203 e. The van der Waals surface area contributed by atoms with E-state index in [1.807, 2.05) is 6.07 Å². The Morgan fingerprint density at radius 3 is 2.47 bits per heavy atom. The van der Waals surface area contributed by atoms with E-state index in [2.05, 4.69) is 4.98 Å². The second-order valence-electron chi connectivity index (χ2n) is 8.05. The minimum Gasteiger partial charge on any atom is -0.506 e. The summed E-state index contributed by atoms with van der Waals surface area (Å²) in [6, 6.07) is 3.65. The third kappa shape index (κ3) is 2.77. The Balaban J connectivity index is 0.00000218. The number of fused-ring (bicyclic) bond motifs is 7. The number of nitrogens with zero attached hydrogens (tertiary/aromatic N) is 1. The Labute approximate surface area is 181 Å². The Bertz CT molecular complexity index is 1130. The highest BCUT2D eigenvalue weighted by molar-refractivity contribution is 6.14. The molecule has 1 aromatic heterocycles. The molecule has 2 aromatic carbocycles. The van der Waals surface area contributed by atoms with Crippen LogP contribution < -0.4 is 14.2 Å². The van der Waals surface area contributed by atoms with E-state index in [4.69, 9.17) is 14.2 Å². The second kappa shape index (κ2) is 7.67. The van der Waals surface area contributed by atoms with E-state index in [1.54, 1.807) is 27.4 Å². The lowest BCUT2D eigenvalue weighted by molar-refractivity contribution is 0.0758. The summed E-state index contributed by atoms with van der Waals surface area (Å²) >= 11 is 0. The molecule has 160 valence electrons. The van der Waals surface area contributed by atoms with Crippen molar-refractivity contribution in [2.24, 2.45) is 11.8 Å². The van der Waals surface area contributed by atoms with Gasteiger partial charge in [-0.05, 0) is 54.2 Å². The molecule has 0 aliphatic heterocycles. The number of hydrogen-bond acceptors (Lipinski definition) is 6. The van der Waals surface area contributed by atoms with Crippen LogP contribution in [0.5, 0.6) is 23.0 Å². The van der Waals surface area contributed by atoms with Crippen LogP contribution in [0.2, 0.25) is 0 Å². The highest BCUT2D eigenvalue weighted by Gasteiger charge is 2.41. The first-order chi connectivity index (χ1) is 14.1. The number of benzene rings is 2. The number of hydrogen-bond donors (Lipinski definition) is 2. The van der Waals surface area contributed by atoms with Gasteiger partial charge in [0.25, 0.3) is 0 Å². The summed E-state index contributed by atoms with van der Waals surface area (Å²) < 4.78 is 17.0. The normalized spacial score (nSPS) is 22.3. The molecule has 1 unspecified atom stereocenters. The molecule has 3 aromatic rings. The zero-order valence-electron chi connectivity index (χ0n) is 17.3. The Hall–Kier alpha value is -2.44. The predicted octanol–water partition coefficient (Wildman–Crippen LogP) is 4.55. The average Bonchev–Trinajstić information content (AvgIpc) is 3.21. The van der Waals surface area contributed by atoms with Gasteiger partial charge in [0.05, 0.1) is 39.1 Å². The number of aliphatic hydroxyl groups excluding tert-OH is 1. The molecule has 3 atom stereocenters. The third-order valence-corrected chi connectivity index (χ3v) is 6.76. The summed E-state index contributed by atoms with van der Waals surface area (Å²) in [5, 5.41) is 24.0. The zero-order valence-corrected chi connectivity index (χ0v) is 18.1. The summed E-state index contributed by atoms with van der Waals surface area (Å²) in [4.78, 5) is 4.54. The number of ether oxygens (including phenoxy) is 3. The summed E-state index contributed by atoms with van der Waals surface area (Å²) in [6.07, 6.45) is 5.09. The Morgan fingerprint density at radius 2 is 1.77 bits per heavy atom. The standard InChI is InChI=1S/C23H25NO5.ClH/c1-27-17-9-15-14-7-11-5-4-6-13(11)21(26)19(14)20-16(8-12(25)10-24-20)18(15)23(29-3)22(17)28-2;/h8-11,13,21,25-26H,4-7H2,1-3H3;1H/t11?,13-,21-;/m0./s1. The first-order valence-corrected chi connectivity index (χ1v) is 10.0. The van der Waals surface area contributed by atoms with Crippen LogP contribution in [0.3, 0.4) is 0 Å². The maximum Gasteiger partial charge on any atom is 0.203 e. The van der Waals surface area contributed by atoms with Gasteiger partial charge < -0.3 is 24.4 Å². The molecule has 1 heterocycles. The molecule has 2 aliphatic rings. The second-order valence-corrected chi connectivity index (χ2v) is 8.05. The lowest BCUT2D eigenvalue weighted by Gasteiger charge is -2.34. The van der Waals surface area contributed by atoms with Gasteiger partial charge in [0.2, 0.25) is 5.75 Å². The van der Waals surface area contributed by atoms with Crippen LogP contribution in [0.1, 0.15) is 36.5 Å². The highest BCUT2D eigenvalue weighted by Crippen LogP contribution is 2.54. The number of methoxy groups -OCH3 is 3. The van der Waals surface area contributed by atoms with Crippen molar-refractivity contribution in [1.29, 1.82) is 0 Å². The fraction of sp³-hybridized carbons (Fsp3) is 0.435. The molecule has 0 radical (unpaired) electrons. The molecule has 7 heteroatoms. The number of pyridine rings is 1. The number of halogens is 1. The zero-order chi connectivity index (χ0) is 20.3. The minimum absolute atomic E-state index is 0. The third-order valence-electron chi connectivity index (χ3n) is 6.76. The molecule has 0 bridgehead atoms. The van der Waals surface area contributed by atoms with E-state index in [0.29, 0.717) is 28.7 Å². The molecular weight excluding hydrogens is 406 g/mol. The van der Waals surface area contributed by atoms with Gasteiger partial charge in [-0.2, -0.15) is 0 Å². The molecule has 6 nitrogen and oxygen atoms in total. The molecule has 2 aliphatic carbocycles. The lowest BCUT2D eigenvalue weighted by atomic mass is 9.73. The van der Waals surface area contributed by atoms with Gasteiger partial charge in [0, 0.05) is 16.3 Å². The Kier molecular flexibility index (Phi) is 5.32. The Morgan fingerprint density at radius 1 is 1.00 bits per heavy atom.